The number of rotatable bonds is 4. The van der Waals surface area contributed by atoms with Gasteiger partial charge in [0.05, 0.1) is 5.02 Å². The summed E-state index contributed by atoms with van der Waals surface area (Å²) in [7, 11) is 0. The molecule has 0 unspecified atom stereocenters. The number of amides is 1. The fraction of sp³-hybridized carbons (Fsp3) is 0.133. The number of anilines is 1. The maximum absolute atomic E-state index is 12.1. The number of benzene rings is 2. The Morgan fingerprint density at radius 2 is 1.86 bits per heavy atom. The Morgan fingerprint density at radius 3 is 2.48 bits per heavy atom. The second-order valence-electron chi connectivity index (χ2n) is 4.33. The van der Waals surface area contributed by atoms with Crippen LogP contribution in [0.1, 0.15) is 6.92 Å². The number of carbonyl (C=O) groups excluding carboxylic acids is 1. The van der Waals surface area contributed by atoms with Crippen molar-refractivity contribution in [2.45, 2.75) is 13.0 Å². The van der Waals surface area contributed by atoms with Crippen LogP contribution in [-0.4, -0.2) is 12.0 Å². The highest BCUT2D eigenvalue weighted by molar-refractivity contribution is 9.10. The van der Waals surface area contributed by atoms with Crippen molar-refractivity contribution in [1.29, 1.82) is 0 Å². The summed E-state index contributed by atoms with van der Waals surface area (Å²) in [6, 6.07) is 12.0. The molecular weight excluding hydrogens is 377 g/mol. The number of ether oxygens (including phenoxy) is 1. The van der Waals surface area contributed by atoms with Crippen molar-refractivity contribution in [2.24, 2.45) is 0 Å². The van der Waals surface area contributed by atoms with Gasteiger partial charge in [0.15, 0.2) is 6.10 Å². The van der Waals surface area contributed by atoms with Crippen molar-refractivity contribution in [2.75, 3.05) is 5.32 Å². The zero-order valence-corrected chi connectivity index (χ0v) is 14.2. The molecule has 0 saturated heterocycles. The summed E-state index contributed by atoms with van der Waals surface area (Å²) in [6.45, 7) is 1.67. The minimum atomic E-state index is -0.645. The Bertz CT molecular complexity index is 647. The Hall–Kier alpha value is -1.23. The van der Waals surface area contributed by atoms with Crippen molar-refractivity contribution in [1.82, 2.24) is 0 Å². The molecular formula is C15H12BrCl2NO2. The molecule has 3 nitrogen and oxygen atoms in total. The number of nitrogens with one attached hydrogen (secondary N) is 1. The van der Waals surface area contributed by atoms with E-state index in [4.69, 9.17) is 27.9 Å². The van der Waals surface area contributed by atoms with E-state index < -0.39 is 6.10 Å². The molecule has 2 rings (SSSR count). The fourth-order valence-electron chi connectivity index (χ4n) is 1.59. The van der Waals surface area contributed by atoms with E-state index in [0.29, 0.717) is 21.5 Å². The minimum Gasteiger partial charge on any atom is -0.481 e. The van der Waals surface area contributed by atoms with Crippen molar-refractivity contribution in [3.8, 4) is 5.75 Å². The van der Waals surface area contributed by atoms with Crippen molar-refractivity contribution >= 4 is 50.7 Å². The third-order valence-corrected chi connectivity index (χ3v) is 4.17. The minimum absolute atomic E-state index is 0.261. The molecule has 0 spiro atoms. The molecule has 1 amide bonds. The second-order valence-corrected chi connectivity index (χ2v) is 6.03. The molecule has 1 N–H and O–H groups in total. The molecule has 0 bridgehead atoms. The van der Waals surface area contributed by atoms with Gasteiger partial charge in [-0.3, -0.25) is 4.79 Å². The molecule has 0 saturated carbocycles. The second kappa shape index (κ2) is 7.16. The molecule has 0 fully saturated rings. The quantitative estimate of drug-likeness (QED) is 0.785. The lowest BCUT2D eigenvalue weighted by atomic mass is 10.3. The third kappa shape index (κ3) is 4.63. The first-order valence-corrected chi connectivity index (χ1v) is 7.69. The van der Waals surface area contributed by atoms with Gasteiger partial charge in [-0.1, -0.05) is 23.2 Å². The largest absolute Gasteiger partial charge is 0.481 e. The molecule has 6 heteroatoms. The Morgan fingerprint density at radius 1 is 1.19 bits per heavy atom. The molecule has 2 aromatic carbocycles. The zero-order chi connectivity index (χ0) is 15.4. The lowest BCUT2D eigenvalue weighted by molar-refractivity contribution is -0.122. The SMILES string of the molecule is C[C@H](Oc1ccc(Cl)cc1)C(=O)Nc1ccc(Br)c(Cl)c1. The van der Waals surface area contributed by atoms with Crippen LogP contribution in [0.15, 0.2) is 46.9 Å². The van der Waals surface area contributed by atoms with E-state index in [1.807, 2.05) is 0 Å². The van der Waals surface area contributed by atoms with E-state index in [0.717, 1.165) is 4.47 Å². The first-order valence-electron chi connectivity index (χ1n) is 6.14. The van der Waals surface area contributed by atoms with Gasteiger partial charge in [0.25, 0.3) is 5.91 Å². The van der Waals surface area contributed by atoms with Crippen molar-refractivity contribution in [3.63, 3.8) is 0 Å². The van der Waals surface area contributed by atoms with E-state index >= 15 is 0 Å². The first kappa shape index (κ1) is 16.1. The van der Waals surface area contributed by atoms with Crippen molar-refractivity contribution < 1.29 is 9.53 Å². The Labute approximate surface area is 141 Å². The van der Waals surface area contributed by atoms with Crippen LogP contribution in [0.25, 0.3) is 0 Å². The maximum atomic E-state index is 12.1. The predicted octanol–water partition coefficient (Wildman–Crippen LogP) is 5.16. The fourth-order valence-corrected chi connectivity index (χ4v) is 2.14. The predicted molar refractivity (Wildman–Crippen MR) is 89.3 cm³/mol. The standard InChI is InChI=1S/C15H12BrCl2NO2/c1-9(21-12-5-2-10(17)3-6-12)15(20)19-11-4-7-13(16)14(18)8-11/h2-9H,1H3,(H,19,20)/t9-/m0/s1. The summed E-state index contributed by atoms with van der Waals surface area (Å²) in [5.74, 6) is 0.319. The summed E-state index contributed by atoms with van der Waals surface area (Å²) >= 11 is 15.1. The number of halogens is 3. The molecule has 0 aliphatic carbocycles. The van der Waals surface area contributed by atoms with Gasteiger partial charge in [0, 0.05) is 15.2 Å². The first-order chi connectivity index (χ1) is 9.95. The number of hydrogen-bond donors (Lipinski definition) is 1. The smallest absolute Gasteiger partial charge is 0.265 e. The van der Waals surface area contributed by atoms with Gasteiger partial charge in [0.1, 0.15) is 5.75 Å². The molecule has 0 aromatic heterocycles. The molecule has 1 atom stereocenters. The van der Waals surface area contributed by atoms with Crippen LogP contribution < -0.4 is 10.1 Å². The van der Waals surface area contributed by atoms with Crippen LogP contribution >= 0.6 is 39.1 Å². The van der Waals surface area contributed by atoms with E-state index in [2.05, 4.69) is 21.2 Å². The average Bonchev–Trinajstić information content (AvgIpc) is 2.45. The summed E-state index contributed by atoms with van der Waals surface area (Å²) in [4.78, 5) is 12.1. The van der Waals surface area contributed by atoms with Gasteiger partial charge >= 0.3 is 0 Å². The molecule has 0 aliphatic heterocycles. The lowest BCUT2D eigenvalue weighted by Gasteiger charge is -2.15. The normalized spacial score (nSPS) is 11.8. The summed E-state index contributed by atoms with van der Waals surface area (Å²) < 4.78 is 6.32. The van der Waals surface area contributed by atoms with Gasteiger partial charge < -0.3 is 10.1 Å². The Kier molecular flexibility index (Phi) is 5.51. The highest BCUT2D eigenvalue weighted by Gasteiger charge is 2.15. The van der Waals surface area contributed by atoms with Crippen LogP contribution in [0.3, 0.4) is 0 Å². The molecule has 0 aliphatic rings. The van der Waals surface area contributed by atoms with Crippen LogP contribution in [0.5, 0.6) is 5.75 Å². The summed E-state index contributed by atoms with van der Waals surface area (Å²) in [5, 5.41) is 3.89. The van der Waals surface area contributed by atoms with E-state index in [9.17, 15) is 4.79 Å². The van der Waals surface area contributed by atoms with Crippen LogP contribution in [0.4, 0.5) is 5.69 Å². The van der Waals surface area contributed by atoms with Crippen LogP contribution in [-0.2, 0) is 4.79 Å². The van der Waals surface area contributed by atoms with Gasteiger partial charge in [-0.15, -0.1) is 0 Å². The number of carbonyl (C=O) groups is 1. The topological polar surface area (TPSA) is 38.3 Å². The highest BCUT2D eigenvalue weighted by Crippen LogP contribution is 2.25. The summed E-state index contributed by atoms with van der Waals surface area (Å²) in [6.07, 6.45) is -0.645. The molecule has 2 aromatic rings. The van der Waals surface area contributed by atoms with Crippen LogP contribution in [0.2, 0.25) is 10.0 Å². The average molecular weight is 389 g/mol. The van der Waals surface area contributed by atoms with Gasteiger partial charge in [0.2, 0.25) is 0 Å². The molecule has 110 valence electrons. The molecule has 0 heterocycles. The van der Waals surface area contributed by atoms with E-state index in [1.165, 1.54) is 0 Å². The summed E-state index contributed by atoms with van der Waals surface area (Å²) in [5.41, 5.74) is 0.611. The highest BCUT2D eigenvalue weighted by atomic mass is 79.9. The molecule has 0 radical (unpaired) electrons. The monoisotopic (exact) mass is 387 g/mol. The van der Waals surface area contributed by atoms with Crippen molar-refractivity contribution in [3.05, 3.63) is 57.0 Å². The zero-order valence-electron chi connectivity index (χ0n) is 11.1. The van der Waals surface area contributed by atoms with Gasteiger partial charge in [-0.25, -0.2) is 0 Å². The van der Waals surface area contributed by atoms with Crippen LogP contribution in [0, 0.1) is 0 Å². The third-order valence-electron chi connectivity index (χ3n) is 2.68. The van der Waals surface area contributed by atoms with Gasteiger partial charge in [-0.2, -0.15) is 0 Å². The van der Waals surface area contributed by atoms with E-state index in [1.54, 1.807) is 49.4 Å². The lowest BCUT2D eigenvalue weighted by Crippen LogP contribution is -2.30. The van der Waals surface area contributed by atoms with Gasteiger partial charge in [-0.05, 0) is 65.3 Å². The molecule has 21 heavy (non-hydrogen) atoms. The maximum Gasteiger partial charge on any atom is 0.265 e. The Balaban J connectivity index is 1.98. The van der Waals surface area contributed by atoms with E-state index in [-0.39, 0.29) is 5.91 Å². The number of hydrogen-bond acceptors (Lipinski definition) is 2.